The molecule has 1 aromatic carbocycles. The van der Waals surface area contributed by atoms with E-state index in [4.69, 9.17) is 0 Å². The third kappa shape index (κ3) is 4.91. The average molecular weight is 423 g/mol. The third-order valence-electron chi connectivity index (χ3n) is 4.84. The molecule has 1 aromatic heterocycles. The van der Waals surface area contributed by atoms with Crippen molar-refractivity contribution in [1.82, 2.24) is 14.5 Å². The van der Waals surface area contributed by atoms with E-state index >= 15 is 0 Å². The molecule has 2 aromatic rings. The summed E-state index contributed by atoms with van der Waals surface area (Å²) in [5.41, 5.74) is 2.15. The van der Waals surface area contributed by atoms with Crippen LogP contribution < -0.4 is 10.2 Å². The number of likely N-dealkylation sites (N-methyl/N-ethyl adjacent to an activating group) is 2. The number of carbonyl (C=O) groups excluding carboxylic acids is 1. The maximum Gasteiger partial charge on any atom is 0.252 e. The highest BCUT2D eigenvalue weighted by Gasteiger charge is 2.24. The molecule has 1 amide bonds. The lowest BCUT2D eigenvalue weighted by molar-refractivity contribution is -0.121. The number of piperazine rings is 1. The molecule has 0 saturated carbocycles. The Bertz CT molecular complexity index is 892. The Kier molecular flexibility index (Phi) is 6.71. The van der Waals surface area contributed by atoms with E-state index in [1.807, 2.05) is 18.2 Å². The van der Waals surface area contributed by atoms with Gasteiger partial charge in [-0.3, -0.25) is 4.79 Å². The van der Waals surface area contributed by atoms with Gasteiger partial charge in [0.1, 0.15) is 4.21 Å². The molecular weight excluding hydrogens is 396 g/mol. The second-order valence-corrected chi connectivity index (χ2v) is 10.1. The van der Waals surface area contributed by atoms with E-state index in [2.05, 4.69) is 28.2 Å². The molecule has 3 rings (SSSR count). The van der Waals surface area contributed by atoms with E-state index < -0.39 is 10.0 Å². The fraction of sp³-hybridized carbons (Fsp3) is 0.421. The summed E-state index contributed by atoms with van der Waals surface area (Å²) >= 11 is 1.14. The van der Waals surface area contributed by atoms with E-state index in [-0.39, 0.29) is 16.7 Å². The smallest absolute Gasteiger partial charge is 0.252 e. The lowest BCUT2D eigenvalue weighted by Crippen LogP contribution is -2.45. The molecule has 1 saturated heterocycles. The van der Waals surface area contributed by atoms with Crippen molar-refractivity contribution in [2.24, 2.45) is 0 Å². The molecule has 28 heavy (non-hydrogen) atoms. The second-order valence-electron chi connectivity index (χ2n) is 6.89. The summed E-state index contributed by atoms with van der Waals surface area (Å²) in [6, 6.07) is 11.2. The van der Waals surface area contributed by atoms with Gasteiger partial charge in [0.25, 0.3) is 10.0 Å². The van der Waals surface area contributed by atoms with Crippen LogP contribution >= 0.6 is 11.3 Å². The number of para-hydroxylation sites is 1. The van der Waals surface area contributed by atoms with Crippen LogP contribution in [0, 0.1) is 0 Å². The van der Waals surface area contributed by atoms with E-state index in [9.17, 15) is 13.2 Å². The largest absolute Gasteiger partial charge is 0.369 e. The number of hydrogen-bond acceptors (Lipinski definition) is 6. The van der Waals surface area contributed by atoms with E-state index in [1.54, 1.807) is 17.5 Å². The summed E-state index contributed by atoms with van der Waals surface area (Å²) in [6.45, 7) is 4.07. The molecule has 1 aliphatic heterocycles. The number of nitrogens with one attached hydrogen (secondary N) is 1. The van der Waals surface area contributed by atoms with Gasteiger partial charge in [0.05, 0.1) is 6.54 Å². The van der Waals surface area contributed by atoms with Crippen LogP contribution in [0.15, 0.2) is 46.0 Å². The van der Waals surface area contributed by atoms with Crippen LogP contribution in [-0.4, -0.2) is 70.3 Å². The Morgan fingerprint density at radius 2 is 1.86 bits per heavy atom. The van der Waals surface area contributed by atoms with Crippen LogP contribution in [0.4, 0.5) is 5.69 Å². The fourth-order valence-electron chi connectivity index (χ4n) is 3.12. The minimum absolute atomic E-state index is 0.211. The molecule has 0 radical (unpaired) electrons. The van der Waals surface area contributed by atoms with Crippen molar-refractivity contribution in [2.45, 2.75) is 10.8 Å². The molecule has 0 spiro atoms. The number of anilines is 1. The minimum atomic E-state index is -3.63. The zero-order chi connectivity index (χ0) is 20.1. The number of nitrogens with zero attached hydrogens (tertiary/aromatic N) is 3. The predicted molar refractivity (Wildman–Crippen MR) is 112 cm³/mol. The minimum Gasteiger partial charge on any atom is -0.369 e. The number of thiophene rings is 1. The Morgan fingerprint density at radius 3 is 2.54 bits per heavy atom. The van der Waals surface area contributed by atoms with Crippen LogP contribution in [0.25, 0.3) is 0 Å². The maximum atomic E-state index is 12.4. The highest BCUT2D eigenvalue weighted by molar-refractivity contribution is 7.91. The van der Waals surface area contributed by atoms with Gasteiger partial charge in [-0.25, -0.2) is 8.42 Å². The monoisotopic (exact) mass is 422 g/mol. The zero-order valence-corrected chi connectivity index (χ0v) is 17.8. The average Bonchev–Trinajstić information content (AvgIpc) is 3.23. The highest BCUT2D eigenvalue weighted by Crippen LogP contribution is 2.22. The van der Waals surface area contributed by atoms with Gasteiger partial charge in [0, 0.05) is 45.5 Å². The van der Waals surface area contributed by atoms with Gasteiger partial charge < -0.3 is 15.1 Å². The number of amides is 1. The summed E-state index contributed by atoms with van der Waals surface area (Å²) in [7, 11) is -0.0873. The SMILES string of the molecule is CN1CCN(c2ccccc2CNC(=O)CN(C)S(=O)(=O)c2cccs2)CC1. The molecule has 9 heteroatoms. The van der Waals surface area contributed by atoms with Crippen LogP contribution in [0.2, 0.25) is 0 Å². The normalized spacial score (nSPS) is 15.8. The first-order valence-corrected chi connectivity index (χ1v) is 11.5. The standard InChI is InChI=1S/C19H26N4O3S2/c1-21-9-11-23(12-10-21)17-7-4-3-6-16(17)14-20-18(24)15-22(2)28(25,26)19-8-5-13-27-19/h3-8,13H,9-12,14-15H2,1-2H3,(H,20,24). The van der Waals surface area contributed by atoms with Crippen molar-refractivity contribution in [2.75, 3.05) is 51.7 Å². The van der Waals surface area contributed by atoms with Gasteiger partial charge in [-0.1, -0.05) is 24.3 Å². The summed E-state index contributed by atoms with van der Waals surface area (Å²) in [5.74, 6) is -0.323. The van der Waals surface area contributed by atoms with E-state index in [0.29, 0.717) is 6.54 Å². The summed E-state index contributed by atoms with van der Waals surface area (Å²) in [6.07, 6.45) is 0. The lowest BCUT2D eigenvalue weighted by Gasteiger charge is -2.35. The van der Waals surface area contributed by atoms with Gasteiger partial charge in [-0.05, 0) is 30.1 Å². The van der Waals surface area contributed by atoms with Crippen molar-refractivity contribution in [3.8, 4) is 0 Å². The van der Waals surface area contributed by atoms with E-state index in [0.717, 1.165) is 53.1 Å². The Morgan fingerprint density at radius 1 is 1.14 bits per heavy atom. The topological polar surface area (TPSA) is 73.0 Å². The number of sulfonamides is 1. The fourth-order valence-corrected chi connectivity index (χ4v) is 5.45. The van der Waals surface area contributed by atoms with Crippen LogP contribution in [0.1, 0.15) is 5.56 Å². The number of carbonyl (C=O) groups is 1. The summed E-state index contributed by atoms with van der Waals surface area (Å²) in [5, 5.41) is 4.56. The van der Waals surface area contributed by atoms with Crippen molar-refractivity contribution in [1.29, 1.82) is 0 Å². The highest BCUT2D eigenvalue weighted by atomic mass is 32.2. The first-order chi connectivity index (χ1) is 13.4. The predicted octanol–water partition coefficient (Wildman–Crippen LogP) is 1.44. The number of benzene rings is 1. The van der Waals surface area contributed by atoms with Crippen LogP contribution in [0.3, 0.4) is 0 Å². The number of hydrogen-bond donors (Lipinski definition) is 1. The Labute approximate surface area is 170 Å². The third-order valence-corrected chi connectivity index (χ3v) is 8.01. The summed E-state index contributed by atoms with van der Waals surface area (Å²) in [4.78, 5) is 17.0. The molecule has 1 fully saturated rings. The van der Waals surface area contributed by atoms with Crippen molar-refractivity contribution in [3.05, 3.63) is 47.3 Å². The molecule has 0 atom stereocenters. The van der Waals surface area contributed by atoms with Crippen molar-refractivity contribution >= 4 is 33.0 Å². The van der Waals surface area contributed by atoms with Crippen LogP contribution in [0.5, 0.6) is 0 Å². The molecule has 0 bridgehead atoms. The Balaban J connectivity index is 1.59. The molecule has 1 N–H and O–H groups in total. The van der Waals surface area contributed by atoms with Gasteiger partial charge in [-0.2, -0.15) is 4.31 Å². The van der Waals surface area contributed by atoms with E-state index in [1.165, 1.54) is 7.05 Å². The van der Waals surface area contributed by atoms with Crippen molar-refractivity contribution in [3.63, 3.8) is 0 Å². The second kappa shape index (κ2) is 9.04. The lowest BCUT2D eigenvalue weighted by atomic mass is 10.1. The molecule has 152 valence electrons. The van der Waals surface area contributed by atoms with Gasteiger partial charge in [0.15, 0.2) is 0 Å². The van der Waals surface area contributed by atoms with Gasteiger partial charge >= 0.3 is 0 Å². The first kappa shape index (κ1) is 20.8. The van der Waals surface area contributed by atoms with Gasteiger partial charge in [0.2, 0.25) is 5.91 Å². The quantitative estimate of drug-likeness (QED) is 0.731. The molecule has 0 unspecified atom stereocenters. The Hall–Kier alpha value is -1.94. The molecular formula is C19H26N4O3S2. The first-order valence-electron chi connectivity index (χ1n) is 9.16. The van der Waals surface area contributed by atoms with Gasteiger partial charge in [-0.15, -0.1) is 11.3 Å². The molecule has 7 nitrogen and oxygen atoms in total. The molecule has 1 aliphatic rings. The maximum absolute atomic E-state index is 12.4. The molecule has 2 heterocycles. The zero-order valence-electron chi connectivity index (χ0n) is 16.2. The van der Waals surface area contributed by atoms with Crippen molar-refractivity contribution < 1.29 is 13.2 Å². The number of rotatable bonds is 7. The summed E-state index contributed by atoms with van der Waals surface area (Å²) < 4.78 is 26.2. The molecule has 0 aliphatic carbocycles. The van der Waals surface area contributed by atoms with Crippen LogP contribution in [-0.2, 0) is 21.4 Å².